The molecule has 0 aliphatic carbocycles. The molecule has 0 fully saturated rings. The Morgan fingerprint density at radius 1 is 1.09 bits per heavy atom. The van der Waals surface area contributed by atoms with Crippen LogP contribution in [0.15, 0.2) is 63.7 Å². The van der Waals surface area contributed by atoms with E-state index >= 15 is 0 Å². The molecule has 0 bridgehead atoms. The molecule has 6 nitrogen and oxygen atoms in total. The topological polar surface area (TPSA) is 88.4 Å². The van der Waals surface area contributed by atoms with Crippen LogP contribution >= 0.6 is 11.8 Å². The molecule has 2 aromatic rings. The van der Waals surface area contributed by atoms with Crippen molar-refractivity contribution in [3.8, 4) is 11.5 Å². The van der Waals surface area contributed by atoms with Crippen LogP contribution in [0, 0.1) is 0 Å². The lowest BCUT2D eigenvalue weighted by Crippen LogP contribution is -2.12. The molecule has 3 rings (SSSR count). The van der Waals surface area contributed by atoms with Crippen molar-refractivity contribution in [2.45, 2.75) is 20.0 Å². The number of nitrogens with zero attached hydrogens (tertiary/aromatic N) is 1. The highest BCUT2D eigenvalue weighted by Crippen LogP contribution is 2.41. The summed E-state index contributed by atoms with van der Waals surface area (Å²) in [6.07, 6.45) is -2.92. The summed E-state index contributed by atoms with van der Waals surface area (Å²) in [4.78, 5) is 17.0. The van der Waals surface area contributed by atoms with Gasteiger partial charge in [0, 0.05) is 0 Å². The Balaban J connectivity index is 2.00. The highest BCUT2D eigenvalue weighted by atomic mass is 32.2. The molecule has 0 aromatic heterocycles. The molecule has 174 valence electrons. The second-order valence-corrected chi connectivity index (χ2v) is 7.71. The van der Waals surface area contributed by atoms with Crippen LogP contribution in [0.3, 0.4) is 0 Å². The molecule has 33 heavy (non-hydrogen) atoms. The van der Waals surface area contributed by atoms with E-state index in [-0.39, 0.29) is 45.1 Å². The van der Waals surface area contributed by atoms with Crippen LogP contribution in [0.5, 0.6) is 11.5 Å². The molecule has 0 amide bonds. The van der Waals surface area contributed by atoms with Gasteiger partial charge in [-0.15, -0.1) is 0 Å². The third kappa shape index (κ3) is 5.70. The fraction of sp³-hybridized carbons (Fsp3) is 0.217. The van der Waals surface area contributed by atoms with Crippen molar-refractivity contribution in [2.24, 2.45) is 4.99 Å². The summed E-state index contributed by atoms with van der Waals surface area (Å²) in [5, 5.41) is 20.7. The number of aliphatic hydroxyl groups is 1. The summed E-state index contributed by atoms with van der Waals surface area (Å²) in [6.45, 7) is 3.77. The van der Waals surface area contributed by atoms with E-state index in [9.17, 15) is 28.2 Å². The number of aliphatic imine (C=N–C) groups is 1. The predicted octanol–water partition coefficient (Wildman–Crippen LogP) is 6.00. The molecule has 1 aliphatic rings. The molecule has 1 heterocycles. The normalized spacial score (nSPS) is 16.5. The molecule has 0 atom stereocenters. The van der Waals surface area contributed by atoms with Gasteiger partial charge in [0.25, 0.3) is 0 Å². The van der Waals surface area contributed by atoms with E-state index in [4.69, 9.17) is 9.47 Å². The highest BCUT2D eigenvalue weighted by Gasteiger charge is 2.34. The number of phenolic OH excluding ortho intramolecular Hbond substituents is 1. The molecule has 0 spiro atoms. The third-order valence-electron chi connectivity index (χ3n) is 4.38. The number of aliphatic hydroxyl groups excluding tert-OH is 1. The van der Waals surface area contributed by atoms with E-state index in [0.29, 0.717) is 12.2 Å². The first-order chi connectivity index (χ1) is 15.6. The predicted molar refractivity (Wildman–Crippen MR) is 120 cm³/mol. The van der Waals surface area contributed by atoms with Gasteiger partial charge < -0.3 is 19.7 Å². The number of carbonyl (C=O) groups is 1. The Morgan fingerprint density at radius 2 is 1.79 bits per heavy atom. The lowest BCUT2D eigenvalue weighted by Gasteiger charge is -2.07. The van der Waals surface area contributed by atoms with Gasteiger partial charge in [-0.3, -0.25) is 0 Å². The van der Waals surface area contributed by atoms with Gasteiger partial charge in [-0.05, 0) is 61.9 Å². The molecule has 2 aromatic carbocycles. The molecule has 0 saturated heterocycles. The Kier molecular flexibility index (Phi) is 7.37. The summed E-state index contributed by atoms with van der Waals surface area (Å²) in [5.74, 6) is -0.968. The second-order valence-electron chi connectivity index (χ2n) is 6.68. The van der Waals surface area contributed by atoms with E-state index in [1.165, 1.54) is 18.2 Å². The number of aromatic hydroxyl groups is 1. The minimum atomic E-state index is -4.48. The van der Waals surface area contributed by atoms with Gasteiger partial charge in [-0.1, -0.05) is 17.8 Å². The summed E-state index contributed by atoms with van der Waals surface area (Å²) in [5.41, 5.74) is -0.266. The first-order valence-electron chi connectivity index (χ1n) is 9.86. The second kappa shape index (κ2) is 10.0. The summed E-state index contributed by atoms with van der Waals surface area (Å²) >= 11 is 0.965. The van der Waals surface area contributed by atoms with Crippen molar-refractivity contribution in [3.05, 3.63) is 69.8 Å². The maximum absolute atomic E-state index is 12.8. The van der Waals surface area contributed by atoms with Gasteiger partial charge in [-0.25, -0.2) is 9.79 Å². The Bertz CT molecular complexity index is 1140. The number of esters is 1. The van der Waals surface area contributed by atoms with E-state index in [1.54, 1.807) is 32.1 Å². The third-order valence-corrected chi connectivity index (χ3v) is 5.40. The lowest BCUT2D eigenvalue weighted by atomic mass is 10.1. The molecule has 1 aliphatic heterocycles. The number of benzene rings is 2. The number of carbonyl (C=O) groups excluding carboxylic acids is 1. The van der Waals surface area contributed by atoms with Crippen molar-refractivity contribution >= 4 is 34.5 Å². The highest BCUT2D eigenvalue weighted by molar-refractivity contribution is 8.18. The van der Waals surface area contributed by atoms with Gasteiger partial charge >= 0.3 is 12.1 Å². The molecule has 10 heteroatoms. The van der Waals surface area contributed by atoms with Crippen LogP contribution in [0.25, 0.3) is 6.08 Å². The molecular weight excluding hydrogens is 459 g/mol. The quantitative estimate of drug-likeness (QED) is 0.494. The van der Waals surface area contributed by atoms with E-state index in [2.05, 4.69) is 4.99 Å². The van der Waals surface area contributed by atoms with Gasteiger partial charge in [0.15, 0.2) is 11.5 Å². The monoisotopic (exact) mass is 479 g/mol. The number of rotatable bonds is 6. The molecule has 2 N–H and O–H groups in total. The van der Waals surface area contributed by atoms with Crippen LogP contribution in [0.4, 0.5) is 18.9 Å². The smallest absolute Gasteiger partial charge is 0.416 e. The maximum Gasteiger partial charge on any atom is 0.416 e. The van der Waals surface area contributed by atoms with Crippen molar-refractivity contribution in [3.63, 3.8) is 0 Å². The van der Waals surface area contributed by atoms with Crippen LogP contribution in [-0.4, -0.2) is 34.4 Å². The van der Waals surface area contributed by atoms with E-state index < -0.39 is 17.7 Å². The van der Waals surface area contributed by atoms with Crippen molar-refractivity contribution in [1.29, 1.82) is 0 Å². The number of hydrogen-bond donors (Lipinski definition) is 2. The zero-order valence-electron chi connectivity index (χ0n) is 17.6. The van der Waals surface area contributed by atoms with Gasteiger partial charge in [0.1, 0.15) is 16.4 Å². The van der Waals surface area contributed by atoms with Crippen LogP contribution in [-0.2, 0) is 15.7 Å². The number of alkyl halides is 3. The van der Waals surface area contributed by atoms with E-state index in [1.807, 2.05) is 0 Å². The first-order valence-corrected chi connectivity index (χ1v) is 10.7. The largest absolute Gasteiger partial charge is 0.506 e. The fourth-order valence-corrected chi connectivity index (χ4v) is 3.91. The SMILES string of the molecule is CCOC(=O)C1=C(O)C(=Cc2ccc(O)c(OCC)c2)SC1=Nc1ccc(C(F)(F)F)cc1. The fourth-order valence-electron chi connectivity index (χ4n) is 2.88. The van der Waals surface area contributed by atoms with Gasteiger partial charge in [0.05, 0.1) is 29.4 Å². The maximum atomic E-state index is 12.8. The Morgan fingerprint density at radius 3 is 2.39 bits per heavy atom. The number of phenols is 1. The molecule has 0 saturated carbocycles. The molecule has 0 unspecified atom stereocenters. The van der Waals surface area contributed by atoms with Crippen LogP contribution < -0.4 is 4.74 Å². The zero-order valence-corrected chi connectivity index (χ0v) is 18.5. The summed E-state index contributed by atoms with van der Waals surface area (Å²) in [6, 6.07) is 8.70. The first kappa shape index (κ1) is 24.2. The van der Waals surface area contributed by atoms with Crippen molar-refractivity contribution < 1.29 is 37.7 Å². The number of thioether (sulfide) groups is 1. The molecule has 0 radical (unpaired) electrons. The average Bonchev–Trinajstić information content (AvgIpc) is 3.05. The van der Waals surface area contributed by atoms with Crippen molar-refractivity contribution in [1.82, 2.24) is 0 Å². The van der Waals surface area contributed by atoms with Gasteiger partial charge in [-0.2, -0.15) is 13.2 Å². The van der Waals surface area contributed by atoms with Crippen molar-refractivity contribution in [2.75, 3.05) is 13.2 Å². The summed E-state index contributed by atoms with van der Waals surface area (Å²) in [7, 11) is 0. The Hall–Kier alpha value is -3.40. The standard InChI is InChI=1S/C23H20F3NO5S/c1-3-31-17-11-13(5-10-16(17)28)12-18-20(29)19(22(30)32-4-2)21(33-18)27-15-8-6-14(7-9-15)23(24,25)26/h5-12,28-29H,3-4H2,1-2H3. The average molecular weight is 479 g/mol. The zero-order chi connectivity index (χ0) is 24.2. The summed E-state index contributed by atoms with van der Waals surface area (Å²) < 4.78 is 48.8. The Labute approximate surface area is 192 Å². The number of hydrogen-bond acceptors (Lipinski definition) is 7. The molecular formula is C23H20F3NO5S. The van der Waals surface area contributed by atoms with Crippen LogP contribution in [0.1, 0.15) is 25.0 Å². The minimum Gasteiger partial charge on any atom is -0.506 e. The van der Waals surface area contributed by atoms with Crippen LogP contribution in [0.2, 0.25) is 0 Å². The van der Waals surface area contributed by atoms with Gasteiger partial charge in [0.2, 0.25) is 0 Å². The number of ether oxygens (including phenoxy) is 2. The minimum absolute atomic E-state index is 0.0467. The van der Waals surface area contributed by atoms with E-state index in [0.717, 1.165) is 23.9 Å². The lowest BCUT2D eigenvalue weighted by molar-refractivity contribution is -0.138. The number of halogens is 3.